The van der Waals surface area contributed by atoms with Gasteiger partial charge in [0.1, 0.15) is 6.04 Å². The van der Waals surface area contributed by atoms with Gasteiger partial charge in [-0.15, -0.1) is 0 Å². The van der Waals surface area contributed by atoms with Crippen molar-refractivity contribution in [1.29, 1.82) is 0 Å². The zero-order chi connectivity index (χ0) is 11.1. The van der Waals surface area contributed by atoms with Crippen molar-refractivity contribution in [3.8, 4) is 0 Å². The summed E-state index contributed by atoms with van der Waals surface area (Å²) in [5, 5.41) is 3.01. The third kappa shape index (κ3) is 4.03. The molecule has 0 aliphatic rings. The first-order valence-electron chi connectivity index (χ1n) is 4.89. The molecule has 1 atom stereocenters. The monoisotopic (exact) mass is 209 g/mol. The Kier molecular flexibility index (Phi) is 4.70. The summed E-state index contributed by atoms with van der Waals surface area (Å²) in [5.41, 5.74) is 0.800. The van der Waals surface area contributed by atoms with Crippen molar-refractivity contribution >= 4 is 5.97 Å². The van der Waals surface area contributed by atoms with Crippen LogP contribution in [0.4, 0.5) is 0 Å². The summed E-state index contributed by atoms with van der Waals surface area (Å²) in [4.78, 5) is 19.2. The highest BCUT2D eigenvalue weighted by Crippen LogP contribution is 1.93. The Morgan fingerprint density at radius 3 is 3.00 bits per heavy atom. The van der Waals surface area contributed by atoms with Crippen molar-refractivity contribution in [3.05, 3.63) is 24.3 Å². The van der Waals surface area contributed by atoms with E-state index < -0.39 is 0 Å². The molecule has 15 heavy (non-hydrogen) atoms. The van der Waals surface area contributed by atoms with Crippen molar-refractivity contribution in [2.24, 2.45) is 0 Å². The van der Waals surface area contributed by atoms with E-state index in [1.807, 2.05) is 0 Å². The molecule has 0 aromatic carbocycles. The standard InChI is InChI=1S/C10H15N3O2/c1-3-15-10(14)8(2)13-7-9-6-11-4-5-12-9/h4-6,8,13H,3,7H2,1-2H3. The average molecular weight is 209 g/mol. The molecule has 0 aliphatic carbocycles. The van der Waals surface area contributed by atoms with Crippen molar-refractivity contribution in [1.82, 2.24) is 15.3 Å². The summed E-state index contributed by atoms with van der Waals surface area (Å²) >= 11 is 0. The second-order valence-corrected chi connectivity index (χ2v) is 3.05. The van der Waals surface area contributed by atoms with E-state index in [9.17, 15) is 4.79 Å². The lowest BCUT2D eigenvalue weighted by Gasteiger charge is -2.11. The second kappa shape index (κ2) is 6.08. The third-order valence-corrected chi connectivity index (χ3v) is 1.85. The van der Waals surface area contributed by atoms with Gasteiger partial charge in [-0.1, -0.05) is 0 Å². The minimum absolute atomic E-state index is 0.249. The number of carbonyl (C=O) groups is 1. The highest BCUT2D eigenvalue weighted by atomic mass is 16.5. The molecule has 0 radical (unpaired) electrons. The van der Waals surface area contributed by atoms with E-state index in [1.54, 1.807) is 32.4 Å². The van der Waals surface area contributed by atoms with Gasteiger partial charge in [0.05, 0.1) is 12.3 Å². The maximum Gasteiger partial charge on any atom is 0.322 e. The lowest BCUT2D eigenvalue weighted by molar-refractivity contribution is -0.145. The normalized spacial score (nSPS) is 12.1. The fraction of sp³-hybridized carbons (Fsp3) is 0.500. The van der Waals surface area contributed by atoms with Gasteiger partial charge in [-0.05, 0) is 13.8 Å². The average Bonchev–Trinajstić information content (AvgIpc) is 2.27. The summed E-state index contributed by atoms with van der Waals surface area (Å²) in [6, 6.07) is -0.327. The Labute approximate surface area is 88.9 Å². The van der Waals surface area contributed by atoms with Gasteiger partial charge >= 0.3 is 5.97 Å². The minimum Gasteiger partial charge on any atom is -0.465 e. The first-order valence-corrected chi connectivity index (χ1v) is 4.89. The van der Waals surface area contributed by atoms with E-state index in [1.165, 1.54) is 0 Å². The summed E-state index contributed by atoms with van der Waals surface area (Å²) in [6.45, 7) is 4.45. The third-order valence-electron chi connectivity index (χ3n) is 1.85. The lowest BCUT2D eigenvalue weighted by atomic mass is 10.3. The highest BCUT2D eigenvalue weighted by molar-refractivity contribution is 5.75. The molecule has 1 N–H and O–H groups in total. The Bertz CT molecular complexity index is 303. The number of hydrogen-bond donors (Lipinski definition) is 1. The van der Waals surface area contributed by atoms with Crippen LogP contribution in [0.1, 0.15) is 19.5 Å². The molecule has 1 aromatic rings. The van der Waals surface area contributed by atoms with Crippen LogP contribution < -0.4 is 5.32 Å². The Morgan fingerprint density at radius 1 is 1.60 bits per heavy atom. The lowest BCUT2D eigenvalue weighted by Crippen LogP contribution is -2.35. The molecule has 1 aromatic heterocycles. The van der Waals surface area contributed by atoms with Crippen molar-refractivity contribution in [2.75, 3.05) is 6.61 Å². The molecule has 1 rings (SSSR count). The van der Waals surface area contributed by atoms with Gasteiger partial charge in [0.25, 0.3) is 0 Å². The van der Waals surface area contributed by atoms with Gasteiger partial charge in [-0.3, -0.25) is 20.1 Å². The van der Waals surface area contributed by atoms with Crippen molar-refractivity contribution in [3.63, 3.8) is 0 Å². The number of aromatic nitrogens is 2. The maximum absolute atomic E-state index is 11.2. The van der Waals surface area contributed by atoms with Crippen LogP contribution in [0.25, 0.3) is 0 Å². The Balaban J connectivity index is 2.34. The molecule has 0 saturated heterocycles. The highest BCUT2D eigenvalue weighted by Gasteiger charge is 2.12. The van der Waals surface area contributed by atoms with Crippen LogP contribution in [-0.4, -0.2) is 28.6 Å². The van der Waals surface area contributed by atoms with E-state index in [-0.39, 0.29) is 12.0 Å². The Hall–Kier alpha value is -1.49. The molecule has 0 amide bonds. The number of carbonyl (C=O) groups excluding carboxylic acids is 1. The molecule has 5 nitrogen and oxygen atoms in total. The van der Waals surface area contributed by atoms with Crippen LogP contribution in [0.2, 0.25) is 0 Å². The molecule has 0 aliphatic heterocycles. The van der Waals surface area contributed by atoms with E-state index in [0.29, 0.717) is 13.2 Å². The van der Waals surface area contributed by atoms with Crippen LogP contribution in [0.3, 0.4) is 0 Å². The number of nitrogens with one attached hydrogen (secondary N) is 1. The first-order chi connectivity index (χ1) is 7.24. The molecule has 0 saturated carbocycles. The van der Waals surface area contributed by atoms with Crippen molar-refractivity contribution in [2.45, 2.75) is 26.4 Å². The molecule has 0 bridgehead atoms. The summed E-state index contributed by atoms with van der Waals surface area (Å²) < 4.78 is 4.85. The van der Waals surface area contributed by atoms with E-state index in [2.05, 4.69) is 15.3 Å². The zero-order valence-corrected chi connectivity index (χ0v) is 8.93. The number of hydrogen-bond acceptors (Lipinski definition) is 5. The quantitative estimate of drug-likeness (QED) is 0.716. The van der Waals surface area contributed by atoms with Gasteiger partial charge in [-0.25, -0.2) is 0 Å². The van der Waals surface area contributed by atoms with Gasteiger partial charge in [0.15, 0.2) is 0 Å². The largest absolute Gasteiger partial charge is 0.465 e. The topological polar surface area (TPSA) is 64.1 Å². The maximum atomic E-state index is 11.2. The number of esters is 1. The van der Waals surface area contributed by atoms with Gasteiger partial charge < -0.3 is 4.74 Å². The summed E-state index contributed by atoms with van der Waals surface area (Å²) in [7, 11) is 0. The predicted octanol–water partition coefficient (Wildman–Crippen LogP) is 0.518. The van der Waals surface area contributed by atoms with Crippen LogP contribution >= 0.6 is 0 Å². The second-order valence-electron chi connectivity index (χ2n) is 3.05. The number of nitrogens with zero attached hydrogens (tertiary/aromatic N) is 2. The Morgan fingerprint density at radius 2 is 2.40 bits per heavy atom. The summed E-state index contributed by atoms with van der Waals surface area (Å²) in [6.07, 6.45) is 4.88. The first kappa shape index (κ1) is 11.6. The summed E-state index contributed by atoms with van der Waals surface area (Å²) in [5.74, 6) is -0.249. The smallest absolute Gasteiger partial charge is 0.322 e. The van der Waals surface area contributed by atoms with Crippen LogP contribution in [0, 0.1) is 0 Å². The molecular weight excluding hydrogens is 194 g/mol. The van der Waals surface area contributed by atoms with Gasteiger partial charge in [0.2, 0.25) is 0 Å². The zero-order valence-electron chi connectivity index (χ0n) is 8.93. The van der Waals surface area contributed by atoms with E-state index in [4.69, 9.17) is 4.74 Å². The van der Waals surface area contributed by atoms with Gasteiger partial charge in [-0.2, -0.15) is 0 Å². The SMILES string of the molecule is CCOC(=O)C(C)NCc1cnccn1. The molecule has 1 unspecified atom stereocenters. The predicted molar refractivity (Wildman–Crippen MR) is 55.0 cm³/mol. The van der Waals surface area contributed by atoms with Gasteiger partial charge in [0, 0.05) is 25.1 Å². The molecular formula is C10H15N3O2. The molecule has 0 fully saturated rings. The number of rotatable bonds is 5. The fourth-order valence-corrected chi connectivity index (χ4v) is 1.03. The van der Waals surface area contributed by atoms with Crippen molar-refractivity contribution < 1.29 is 9.53 Å². The van der Waals surface area contributed by atoms with Crippen LogP contribution in [0.15, 0.2) is 18.6 Å². The van der Waals surface area contributed by atoms with E-state index in [0.717, 1.165) is 5.69 Å². The number of ether oxygens (including phenoxy) is 1. The van der Waals surface area contributed by atoms with E-state index >= 15 is 0 Å². The molecule has 82 valence electrons. The molecule has 5 heteroatoms. The molecule has 1 heterocycles. The molecule has 0 spiro atoms. The van der Waals surface area contributed by atoms with Crippen LogP contribution in [-0.2, 0) is 16.1 Å². The van der Waals surface area contributed by atoms with Crippen LogP contribution in [0.5, 0.6) is 0 Å². The minimum atomic E-state index is -0.327. The fourth-order valence-electron chi connectivity index (χ4n) is 1.03.